The average molecular weight is 395 g/mol. The maximum Gasteiger partial charge on any atom is 0.274 e. The molecule has 4 rings (SSSR count). The number of thiophene rings is 1. The van der Waals surface area contributed by atoms with Gasteiger partial charge in [-0.2, -0.15) is 5.10 Å². The molecule has 1 aliphatic heterocycles. The summed E-state index contributed by atoms with van der Waals surface area (Å²) in [6, 6.07) is 8.93. The number of carbonyl (C=O) groups excluding carboxylic acids is 1. The van der Waals surface area contributed by atoms with Crippen LogP contribution in [0.1, 0.15) is 40.8 Å². The third-order valence-electron chi connectivity index (χ3n) is 4.90. The van der Waals surface area contributed by atoms with E-state index in [4.69, 9.17) is 4.98 Å². The highest BCUT2D eigenvalue weighted by molar-refractivity contribution is 7.13. The van der Waals surface area contributed by atoms with Crippen molar-refractivity contribution in [2.75, 3.05) is 13.1 Å². The fourth-order valence-corrected chi connectivity index (χ4v) is 4.16. The monoisotopic (exact) mass is 395 g/mol. The molecular weight excluding hydrogens is 374 g/mol. The van der Waals surface area contributed by atoms with Gasteiger partial charge in [0.25, 0.3) is 11.5 Å². The molecule has 1 saturated heterocycles. The molecule has 1 fully saturated rings. The van der Waals surface area contributed by atoms with Crippen molar-refractivity contribution in [3.8, 4) is 10.6 Å². The van der Waals surface area contributed by atoms with Gasteiger partial charge in [0, 0.05) is 37.8 Å². The lowest BCUT2D eigenvalue weighted by Crippen LogP contribution is -2.40. The summed E-state index contributed by atoms with van der Waals surface area (Å²) in [5, 5.41) is 6.13. The van der Waals surface area contributed by atoms with Crippen molar-refractivity contribution in [1.29, 1.82) is 0 Å². The van der Waals surface area contributed by atoms with Crippen LogP contribution in [0.15, 0.2) is 40.5 Å². The minimum absolute atomic E-state index is 0.0869. The zero-order valence-electron chi connectivity index (χ0n) is 15.8. The number of likely N-dealkylation sites (tertiary alicyclic amines) is 1. The van der Waals surface area contributed by atoms with Gasteiger partial charge in [-0.1, -0.05) is 6.07 Å². The minimum Gasteiger partial charge on any atom is -0.337 e. The van der Waals surface area contributed by atoms with Gasteiger partial charge in [0.15, 0.2) is 0 Å². The third-order valence-corrected chi connectivity index (χ3v) is 5.79. The number of carbonyl (C=O) groups is 1. The van der Waals surface area contributed by atoms with E-state index >= 15 is 0 Å². The lowest BCUT2D eigenvalue weighted by atomic mass is 9.96. The SMILES string of the molecule is Cc1cc(-c2cccs2)nc([C@H]2CCCN(C(=O)c3ccc(=O)n(C)n3)C2)n1. The zero-order valence-corrected chi connectivity index (χ0v) is 16.6. The Morgan fingerprint density at radius 2 is 2.11 bits per heavy atom. The fraction of sp³-hybridized carbons (Fsp3) is 0.350. The van der Waals surface area contributed by atoms with Gasteiger partial charge in [0.2, 0.25) is 0 Å². The summed E-state index contributed by atoms with van der Waals surface area (Å²) >= 11 is 1.65. The molecule has 0 unspecified atom stereocenters. The van der Waals surface area contributed by atoms with Crippen LogP contribution in [0.25, 0.3) is 10.6 Å². The number of piperidine rings is 1. The Hall–Kier alpha value is -2.87. The van der Waals surface area contributed by atoms with Crippen LogP contribution in [-0.4, -0.2) is 43.6 Å². The standard InChI is InChI=1S/C20H21N5O2S/c1-13-11-16(17-6-4-10-28-17)22-19(21-13)14-5-3-9-25(12-14)20(27)15-7-8-18(26)24(2)23-15/h4,6-8,10-11,14H,3,5,9,12H2,1-2H3/t14-/m0/s1. The van der Waals surface area contributed by atoms with Crippen LogP contribution in [0.4, 0.5) is 0 Å². The van der Waals surface area contributed by atoms with Crippen molar-refractivity contribution in [2.45, 2.75) is 25.7 Å². The molecule has 0 saturated carbocycles. The second-order valence-corrected chi connectivity index (χ2v) is 7.95. The van der Waals surface area contributed by atoms with Crippen LogP contribution >= 0.6 is 11.3 Å². The molecule has 1 atom stereocenters. The smallest absolute Gasteiger partial charge is 0.274 e. The molecule has 0 aliphatic carbocycles. The predicted molar refractivity (Wildman–Crippen MR) is 107 cm³/mol. The van der Waals surface area contributed by atoms with E-state index in [0.717, 1.165) is 34.9 Å². The molecule has 3 aromatic heterocycles. The van der Waals surface area contributed by atoms with E-state index in [1.165, 1.54) is 16.8 Å². The number of nitrogens with zero attached hydrogens (tertiary/aromatic N) is 5. The molecule has 7 nitrogen and oxygen atoms in total. The van der Waals surface area contributed by atoms with Crippen LogP contribution in [0.3, 0.4) is 0 Å². The van der Waals surface area contributed by atoms with Gasteiger partial charge in [-0.15, -0.1) is 11.3 Å². The van der Waals surface area contributed by atoms with E-state index in [0.29, 0.717) is 13.1 Å². The molecule has 4 heterocycles. The Labute approximate surface area is 166 Å². The first kappa shape index (κ1) is 18.5. The van der Waals surface area contributed by atoms with Crippen molar-refractivity contribution in [3.05, 3.63) is 63.3 Å². The second-order valence-electron chi connectivity index (χ2n) is 7.00. The topological polar surface area (TPSA) is 81.0 Å². The van der Waals surface area contributed by atoms with Crippen LogP contribution in [0.5, 0.6) is 0 Å². The lowest BCUT2D eigenvalue weighted by Gasteiger charge is -2.32. The quantitative estimate of drug-likeness (QED) is 0.681. The zero-order chi connectivity index (χ0) is 19.7. The molecule has 0 aromatic carbocycles. The lowest BCUT2D eigenvalue weighted by molar-refractivity contribution is 0.0696. The molecule has 0 N–H and O–H groups in total. The molecule has 3 aromatic rings. The molecule has 8 heteroatoms. The Morgan fingerprint density at radius 1 is 1.25 bits per heavy atom. The van der Waals surface area contributed by atoms with E-state index in [-0.39, 0.29) is 23.1 Å². The van der Waals surface area contributed by atoms with Crippen molar-refractivity contribution in [1.82, 2.24) is 24.6 Å². The molecular formula is C20H21N5O2S. The van der Waals surface area contributed by atoms with E-state index in [9.17, 15) is 9.59 Å². The van der Waals surface area contributed by atoms with Crippen molar-refractivity contribution >= 4 is 17.2 Å². The largest absolute Gasteiger partial charge is 0.337 e. The van der Waals surface area contributed by atoms with Crippen molar-refractivity contribution in [3.63, 3.8) is 0 Å². The fourth-order valence-electron chi connectivity index (χ4n) is 3.48. The summed E-state index contributed by atoms with van der Waals surface area (Å²) in [6.45, 7) is 3.20. The Kier molecular flexibility index (Phi) is 5.04. The average Bonchev–Trinajstić information content (AvgIpc) is 3.24. The van der Waals surface area contributed by atoms with Gasteiger partial charge in [0.05, 0.1) is 10.6 Å². The highest BCUT2D eigenvalue weighted by Gasteiger charge is 2.28. The predicted octanol–water partition coefficient (Wildman–Crippen LogP) is 2.63. The normalized spacial score (nSPS) is 16.9. The van der Waals surface area contributed by atoms with Gasteiger partial charge < -0.3 is 4.90 Å². The number of amides is 1. The molecule has 144 valence electrons. The van der Waals surface area contributed by atoms with Gasteiger partial charge in [-0.25, -0.2) is 14.6 Å². The maximum absolute atomic E-state index is 12.9. The van der Waals surface area contributed by atoms with E-state index in [1.807, 2.05) is 24.4 Å². The Morgan fingerprint density at radius 3 is 2.86 bits per heavy atom. The van der Waals surface area contributed by atoms with E-state index in [2.05, 4.69) is 16.1 Å². The summed E-state index contributed by atoms with van der Waals surface area (Å²) in [5.74, 6) is 0.713. The summed E-state index contributed by atoms with van der Waals surface area (Å²) in [7, 11) is 1.55. The molecule has 28 heavy (non-hydrogen) atoms. The molecule has 1 aliphatic rings. The molecule has 0 bridgehead atoms. The van der Waals surface area contributed by atoms with Crippen LogP contribution in [0.2, 0.25) is 0 Å². The molecule has 0 spiro atoms. The van der Waals surface area contributed by atoms with Gasteiger partial charge >= 0.3 is 0 Å². The minimum atomic E-state index is -0.234. The molecule has 1 amide bonds. The van der Waals surface area contributed by atoms with Crippen LogP contribution < -0.4 is 5.56 Å². The highest BCUT2D eigenvalue weighted by Crippen LogP contribution is 2.29. The van der Waals surface area contributed by atoms with Crippen molar-refractivity contribution in [2.24, 2.45) is 7.05 Å². The van der Waals surface area contributed by atoms with Crippen molar-refractivity contribution < 1.29 is 4.79 Å². The van der Waals surface area contributed by atoms with E-state index in [1.54, 1.807) is 23.3 Å². The Balaban J connectivity index is 1.58. The van der Waals surface area contributed by atoms with Crippen LogP contribution in [0, 0.1) is 6.92 Å². The number of hydrogen-bond acceptors (Lipinski definition) is 6. The first-order chi connectivity index (χ1) is 13.5. The number of aryl methyl sites for hydroxylation is 2. The van der Waals surface area contributed by atoms with Gasteiger partial charge in [-0.3, -0.25) is 9.59 Å². The second kappa shape index (κ2) is 7.63. The summed E-state index contributed by atoms with van der Waals surface area (Å²) in [6.07, 6.45) is 1.83. The first-order valence-electron chi connectivity index (χ1n) is 9.24. The first-order valence-corrected chi connectivity index (χ1v) is 10.1. The number of rotatable bonds is 3. The van der Waals surface area contributed by atoms with Crippen LogP contribution in [-0.2, 0) is 7.05 Å². The summed E-state index contributed by atoms with van der Waals surface area (Å²) in [4.78, 5) is 36.7. The van der Waals surface area contributed by atoms with Gasteiger partial charge in [0.1, 0.15) is 11.5 Å². The van der Waals surface area contributed by atoms with E-state index < -0.39 is 0 Å². The maximum atomic E-state index is 12.9. The van der Waals surface area contributed by atoms with Gasteiger partial charge in [-0.05, 0) is 43.3 Å². The number of aromatic nitrogens is 4. The summed E-state index contributed by atoms with van der Waals surface area (Å²) < 4.78 is 1.19. The molecule has 0 radical (unpaired) electrons. The summed E-state index contributed by atoms with van der Waals surface area (Å²) in [5.41, 5.74) is 1.91. The highest BCUT2D eigenvalue weighted by atomic mass is 32.1. The number of hydrogen-bond donors (Lipinski definition) is 0. The third kappa shape index (κ3) is 3.73. The Bertz CT molecular complexity index is 1060.